The van der Waals surface area contributed by atoms with Gasteiger partial charge in [0.2, 0.25) is 0 Å². The molecule has 1 aromatic carbocycles. The standard InChI is InChI=1S/C12H17NO4S/c1-12(2)11(14)10(13)8-6-7(18(3,15)16)4-5-9(8)17-12/h4-6,10-11,14H,13H2,1-3H3/t10-,11+/m1/s1. The van der Waals surface area contributed by atoms with Gasteiger partial charge in [0.05, 0.1) is 10.9 Å². The molecule has 0 aliphatic carbocycles. The maximum atomic E-state index is 11.5. The van der Waals surface area contributed by atoms with Gasteiger partial charge in [-0.25, -0.2) is 8.42 Å². The van der Waals surface area contributed by atoms with Crippen LogP contribution in [-0.4, -0.2) is 31.5 Å². The summed E-state index contributed by atoms with van der Waals surface area (Å²) in [6.45, 7) is 3.48. The minimum Gasteiger partial charge on any atom is -0.485 e. The highest BCUT2D eigenvalue weighted by atomic mass is 32.2. The topological polar surface area (TPSA) is 89.6 Å². The molecular weight excluding hydrogens is 254 g/mol. The quantitative estimate of drug-likeness (QED) is 0.781. The number of hydrogen-bond donors (Lipinski definition) is 2. The monoisotopic (exact) mass is 271 g/mol. The van der Waals surface area contributed by atoms with E-state index in [0.717, 1.165) is 6.26 Å². The number of benzene rings is 1. The number of fused-ring (bicyclic) bond motifs is 1. The highest BCUT2D eigenvalue weighted by Gasteiger charge is 2.41. The van der Waals surface area contributed by atoms with E-state index < -0.39 is 27.6 Å². The smallest absolute Gasteiger partial charge is 0.175 e. The Balaban J connectivity index is 2.56. The minimum absolute atomic E-state index is 0.173. The molecule has 0 radical (unpaired) electrons. The largest absolute Gasteiger partial charge is 0.485 e. The molecule has 3 N–H and O–H groups in total. The predicted molar refractivity (Wildman–Crippen MR) is 67.2 cm³/mol. The number of aliphatic hydroxyl groups is 1. The molecule has 18 heavy (non-hydrogen) atoms. The Labute approximate surface area is 106 Å². The third-order valence-corrected chi connectivity index (χ3v) is 4.30. The van der Waals surface area contributed by atoms with Gasteiger partial charge in [-0.1, -0.05) is 0 Å². The van der Waals surface area contributed by atoms with Crippen molar-refractivity contribution in [1.29, 1.82) is 0 Å². The van der Waals surface area contributed by atoms with Crippen molar-refractivity contribution in [1.82, 2.24) is 0 Å². The maximum absolute atomic E-state index is 11.5. The van der Waals surface area contributed by atoms with Crippen LogP contribution in [0.15, 0.2) is 23.1 Å². The Hall–Kier alpha value is -1.11. The van der Waals surface area contributed by atoms with Crippen molar-refractivity contribution in [2.75, 3.05) is 6.26 Å². The molecule has 0 saturated heterocycles. The fraction of sp³-hybridized carbons (Fsp3) is 0.500. The van der Waals surface area contributed by atoms with E-state index in [9.17, 15) is 13.5 Å². The molecule has 0 amide bonds. The van der Waals surface area contributed by atoms with Crippen molar-refractivity contribution in [2.24, 2.45) is 5.73 Å². The van der Waals surface area contributed by atoms with E-state index in [1.165, 1.54) is 12.1 Å². The van der Waals surface area contributed by atoms with E-state index >= 15 is 0 Å². The molecule has 1 heterocycles. The van der Waals surface area contributed by atoms with Gasteiger partial charge in [-0.05, 0) is 32.0 Å². The highest BCUT2D eigenvalue weighted by molar-refractivity contribution is 7.90. The minimum atomic E-state index is -3.30. The van der Waals surface area contributed by atoms with Gasteiger partial charge >= 0.3 is 0 Å². The Bertz CT molecular complexity index is 580. The fourth-order valence-corrected chi connectivity index (χ4v) is 2.71. The second kappa shape index (κ2) is 3.94. The van der Waals surface area contributed by atoms with Crippen LogP contribution in [0.4, 0.5) is 0 Å². The number of sulfone groups is 1. The van der Waals surface area contributed by atoms with Crippen LogP contribution in [0.2, 0.25) is 0 Å². The van der Waals surface area contributed by atoms with Crippen LogP contribution >= 0.6 is 0 Å². The average molecular weight is 271 g/mol. The molecule has 2 rings (SSSR count). The van der Waals surface area contributed by atoms with Crippen LogP contribution in [-0.2, 0) is 9.84 Å². The van der Waals surface area contributed by atoms with Crippen molar-refractivity contribution in [3.8, 4) is 5.75 Å². The lowest BCUT2D eigenvalue weighted by Crippen LogP contribution is -2.51. The zero-order valence-corrected chi connectivity index (χ0v) is 11.4. The zero-order valence-electron chi connectivity index (χ0n) is 10.5. The van der Waals surface area contributed by atoms with Crippen molar-refractivity contribution >= 4 is 9.84 Å². The van der Waals surface area contributed by atoms with E-state index in [-0.39, 0.29) is 4.90 Å². The number of ether oxygens (including phenoxy) is 1. The zero-order chi connectivity index (χ0) is 13.7. The molecule has 5 nitrogen and oxygen atoms in total. The van der Waals surface area contributed by atoms with Crippen LogP contribution in [0.25, 0.3) is 0 Å². The summed E-state index contributed by atoms with van der Waals surface area (Å²) < 4.78 is 28.6. The molecule has 0 saturated carbocycles. The van der Waals surface area contributed by atoms with Crippen LogP contribution in [0.3, 0.4) is 0 Å². The number of rotatable bonds is 1. The first-order valence-corrected chi connectivity index (χ1v) is 7.49. The van der Waals surface area contributed by atoms with Gasteiger partial charge in [0, 0.05) is 11.8 Å². The number of hydrogen-bond acceptors (Lipinski definition) is 5. The van der Waals surface area contributed by atoms with Crippen molar-refractivity contribution in [2.45, 2.75) is 36.5 Å². The summed E-state index contributed by atoms with van der Waals surface area (Å²) in [5, 5.41) is 10.0. The first kappa shape index (κ1) is 13.3. The molecule has 0 bridgehead atoms. The van der Waals surface area contributed by atoms with Gasteiger partial charge < -0.3 is 15.6 Å². The summed E-state index contributed by atoms with van der Waals surface area (Å²) in [4.78, 5) is 0.173. The Morgan fingerprint density at radius 3 is 2.56 bits per heavy atom. The second-order valence-electron chi connectivity index (χ2n) is 5.15. The molecule has 0 unspecified atom stereocenters. The summed E-state index contributed by atoms with van der Waals surface area (Å²) in [5.41, 5.74) is 5.68. The lowest BCUT2D eigenvalue weighted by Gasteiger charge is -2.40. The molecule has 0 fully saturated rings. The average Bonchev–Trinajstić information content (AvgIpc) is 2.24. The van der Waals surface area contributed by atoms with Gasteiger partial charge in [-0.2, -0.15) is 0 Å². The molecule has 6 heteroatoms. The highest BCUT2D eigenvalue weighted by Crippen LogP contribution is 2.39. The van der Waals surface area contributed by atoms with Crippen LogP contribution in [0, 0.1) is 0 Å². The van der Waals surface area contributed by atoms with Crippen LogP contribution in [0.5, 0.6) is 5.75 Å². The normalized spacial score (nSPS) is 26.3. The van der Waals surface area contributed by atoms with E-state index in [2.05, 4.69) is 0 Å². The summed E-state index contributed by atoms with van der Waals surface area (Å²) in [7, 11) is -3.30. The molecule has 1 aliphatic rings. The second-order valence-corrected chi connectivity index (χ2v) is 7.16. The first-order valence-electron chi connectivity index (χ1n) is 5.59. The number of nitrogens with two attached hydrogens (primary N) is 1. The van der Waals surface area contributed by atoms with Crippen molar-refractivity contribution in [3.05, 3.63) is 23.8 Å². The van der Waals surface area contributed by atoms with Gasteiger partial charge in [0.25, 0.3) is 0 Å². The Morgan fingerprint density at radius 1 is 1.39 bits per heavy atom. The molecule has 100 valence electrons. The van der Waals surface area contributed by atoms with Crippen LogP contribution < -0.4 is 10.5 Å². The summed E-state index contributed by atoms with van der Waals surface area (Å²) in [6, 6.07) is 3.87. The Kier molecular flexibility index (Phi) is 2.92. The number of aliphatic hydroxyl groups excluding tert-OH is 1. The van der Waals surface area contributed by atoms with E-state index in [1.807, 2.05) is 0 Å². The van der Waals surface area contributed by atoms with Crippen molar-refractivity contribution < 1.29 is 18.3 Å². The van der Waals surface area contributed by atoms with E-state index in [4.69, 9.17) is 10.5 Å². The van der Waals surface area contributed by atoms with Gasteiger partial charge in [0.15, 0.2) is 9.84 Å². The van der Waals surface area contributed by atoms with Gasteiger partial charge in [-0.3, -0.25) is 0 Å². The summed E-state index contributed by atoms with van der Waals surface area (Å²) in [6.07, 6.45) is 0.240. The Morgan fingerprint density at radius 2 is 2.00 bits per heavy atom. The van der Waals surface area contributed by atoms with Gasteiger partial charge in [-0.15, -0.1) is 0 Å². The van der Waals surface area contributed by atoms with E-state index in [1.54, 1.807) is 19.9 Å². The molecular formula is C12H17NO4S. The lowest BCUT2D eigenvalue weighted by atomic mass is 9.87. The summed E-state index contributed by atoms with van der Waals surface area (Å²) >= 11 is 0. The fourth-order valence-electron chi connectivity index (χ4n) is 2.06. The molecule has 1 aromatic rings. The molecule has 2 atom stereocenters. The van der Waals surface area contributed by atoms with Gasteiger partial charge in [0.1, 0.15) is 17.5 Å². The first-order chi connectivity index (χ1) is 8.13. The molecule has 0 spiro atoms. The van der Waals surface area contributed by atoms with Crippen molar-refractivity contribution in [3.63, 3.8) is 0 Å². The SMILES string of the molecule is CC1(C)Oc2ccc(S(C)(=O)=O)cc2[C@@H](N)[C@@H]1O. The maximum Gasteiger partial charge on any atom is 0.175 e. The molecule has 1 aliphatic heterocycles. The summed E-state index contributed by atoms with van der Waals surface area (Å²) in [5.74, 6) is 0.519. The third-order valence-electron chi connectivity index (χ3n) is 3.19. The lowest BCUT2D eigenvalue weighted by molar-refractivity contribution is -0.0572. The van der Waals surface area contributed by atoms with E-state index in [0.29, 0.717) is 11.3 Å². The predicted octanol–water partition coefficient (Wildman–Crippen LogP) is 0.622. The third kappa shape index (κ3) is 2.11. The van der Waals surface area contributed by atoms with Crippen LogP contribution in [0.1, 0.15) is 25.5 Å². The molecule has 0 aromatic heterocycles.